The molecule has 29 heavy (non-hydrogen) atoms. The molecule has 3 rings (SSSR count). The number of ether oxygens (including phenoxy) is 2. The molecule has 0 fully saturated rings. The lowest BCUT2D eigenvalue weighted by molar-refractivity contribution is -0.131. The van der Waals surface area contributed by atoms with Gasteiger partial charge >= 0.3 is 0 Å². The lowest BCUT2D eigenvalue weighted by Crippen LogP contribution is -2.48. The second kappa shape index (κ2) is 8.51. The number of halogens is 1. The summed E-state index contributed by atoms with van der Waals surface area (Å²) < 4.78 is 37.2. The lowest BCUT2D eigenvalue weighted by Gasteiger charge is -2.32. The molecule has 0 radical (unpaired) electrons. The molecule has 1 aliphatic rings. The number of fused-ring (bicyclic) bond motifs is 1. The summed E-state index contributed by atoms with van der Waals surface area (Å²) in [5, 5.41) is 0.609. The van der Waals surface area contributed by atoms with Gasteiger partial charge < -0.3 is 14.4 Å². The van der Waals surface area contributed by atoms with Gasteiger partial charge in [-0.2, -0.15) is 0 Å². The van der Waals surface area contributed by atoms with E-state index in [-0.39, 0.29) is 5.91 Å². The molecule has 0 aromatic heterocycles. The first-order valence-electron chi connectivity index (χ1n) is 9.05. The van der Waals surface area contributed by atoms with Crippen LogP contribution in [0, 0.1) is 0 Å². The van der Waals surface area contributed by atoms with Gasteiger partial charge in [0.15, 0.2) is 11.5 Å². The van der Waals surface area contributed by atoms with E-state index in [0.29, 0.717) is 42.0 Å². The molecule has 1 atom stereocenters. The molecule has 2 aromatic carbocycles. The first-order valence-corrected chi connectivity index (χ1v) is 11.3. The Hall–Kier alpha value is -2.45. The van der Waals surface area contributed by atoms with Crippen molar-refractivity contribution in [1.82, 2.24) is 4.90 Å². The van der Waals surface area contributed by atoms with Crippen molar-refractivity contribution in [3.05, 3.63) is 53.1 Å². The maximum Gasteiger partial charge on any atom is 0.246 e. The molecule has 0 aliphatic carbocycles. The van der Waals surface area contributed by atoms with Gasteiger partial charge in [0.05, 0.1) is 11.9 Å². The zero-order valence-corrected chi connectivity index (χ0v) is 18.0. The summed E-state index contributed by atoms with van der Waals surface area (Å²) in [6.07, 6.45) is 1.08. The van der Waals surface area contributed by atoms with E-state index in [2.05, 4.69) is 0 Å². The van der Waals surface area contributed by atoms with Gasteiger partial charge in [0.25, 0.3) is 0 Å². The number of carbonyl (C=O) groups is 1. The molecule has 156 valence electrons. The molecule has 2 aromatic rings. The van der Waals surface area contributed by atoms with Crippen molar-refractivity contribution in [2.75, 3.05) is 30.8 Å². The third-order valence-corrected chi connectivity index (χ3v) is 6.05. The Balaban J connectivity index is 1.84. The van der Waals surface area contributed by atoms with Crippen LogP contribution >= 0.6 is 11.6 Å². The van der Waals surface area contributed by atoms with Crippen molar-refractivity contribution in [2.24, 2.45) is 0 Å². The topological polar surface area (TPSA) is 76.2 Å². The number of likely N-dealkylation sites (N-methyl/N-ethyl adjacent to an activating group) is 1. The van der Waals surface area contributed by atoms with Gasteiger partial charge in [-0.3, -0.25) is 9.10 Å². The third-order valence-electron chi connectivity index (χ3n) is 4.56. The summed E-state index contributed by atoms with van der Waals surface area (Å²) in [7, 11) is -2.09. The van der Waals surface area contributed by atoms with E-state index in [4.69, 9.17) is 21.1 Å². The third kappa shape index (κ3) is 4.94. The van der Waals surface area contributed by atoms with Gasteiger partial charge in [0, 0.05) is 24.7 Å². The van der Waals surface area contributed by atoms with E-state index >= 15 is 0 Å². The maximum atomic E-state index is 13.0. The first-order chi connectivity index (χ1) is 13.7. The van der Waals surface area contributed by atoms with Gasteiger partial charge in [-0.05, 0) is 36.8 Å². The molecule has 0 unspecified atom stereocenters. The van der Waals surface area contributed by atoms with Crippen LogP contribution in [0.15, 0.2) is 42.5 Å². The predicted octanol–water partition coefficient (Wildman–Crippen LogP) is 2.92. The molecule has 0 spiro atoms. The van der Waals surface area contributed by atoms with E-state index < -0.39 is 16.1 Å². The van der Waals surface area contributed by atoms with Crippen molar-refractivity contribution in [1.29, 1.82) is 0 Å². The summed E-state index contributed by atoms with van der Waals surface area (Å²) in [5.74, 6) is 0.670. The van der Waals surface area contributed by atoms with Crippen molar-refractivity contribution in [3.63, 3.8) is 0 Å². The Morgan fingerprint density at radius 2 is 1.72 bits per heavy atom. The number of hydrogen-bond donors (Lipinski definition) is 0. The molecule has 0 saturated carbocycles. The highest BCUT2D eigenvalue weighted by Gasteiger charge is 2.32. The van der Waals surface area contributed by atoms with E-state index in [0.717, 1.165) is 16.1 Å². The minimum Gasteiger partial charge on any atom is -0.486 e. The minimum absolute atomic E-state index is 0.332. The summed E-state index contributed by atoms with van der Waals surface area (Å²) in [6.45, 7) is 2.72. The molecule has 0 saturated heterocycles. The van der Waals surface area contributed by atoms with Gasteiger partial charge in [0.2, 0.25) is 15.9 Å². The van der Waals surface area contributed by atoms with E-state index in [1.165, 1.54) is 4.90 Å². The molecule has 9 heteroatoms. The molecule has 1 aliphatic heterocycles. The highest BCUT2D eigenvalue weighted by molar-refractivity contribution is 7.92. The largest absolute Gasteiger partial charge is 0.486 e. The Morgan fingerprint density at radius 3 is 2.34 bits per heavy atom. The molecule has 0 bridgehead atoms. The van der Waals surface area contributed by atoms with E-state index in [1.807, 2.05) is 12.1 Å². The smallest absolute Gasteiger partial charge is 0.246 e. The van der Waals surface area contributed by atoms with Crippen LogP contribution in [0.4, 0.5) is 5.69 Å². The summed E-state index contributed by atoms with van der Waals surface area (Å²) >= 11 is 5.90. The number of nitrogens with zero attached hydrogens (tertiary/aromatic N) is 2. The number of hydrogen-bond acceptors (Lipinski definition) is 5. The first kappa shape index (κ1) is 21.3. The van der Waals surface area contributed by atoms with Gasteiger partial charge in [-0.1, -0.05) is 23.7 Å². The van der Waals surface area contributed by atoms with Crippen molar-refractivity contribution >= 4 is 33.2 Å². The average Bonchev–Trinajstić information content (AvgIpc) is 2.68. The Labute approximate surface area is 175 Å². The van der Waals surface area contributed by atoms with Crippen LogP contribution in [-0.4, -0.2) is 51.8 Å². The fourth-order valence-corrected chi connectivity index (χ4v) is 4.52. The zero-order valence-electron chi connectivity index (χ0n) is 16.5. The molecule has 1 amide bonds. The van der Waals surface area contributed by atoms with Crippen LogP contribution in [0.5, 0.6) is 11.5 Å². The molecule has 1 heterocycles. The Kier molecular flexibility index (Phi) is 6.24. The molecular weight excluding hydrogens is 416 g/mol. The molecule has 0 N–H and O–H groups in total. The second-order valence-corrected chi connectivity index (χ2v) is 9.18. The fraction of sp³-hybridized carbons (Fsp3) is 0.350. The molecule has 7 nitrogen and oxygen atoms in total. The Morgan fingerprint density at radius 1 is 1.10 bits per heavy atom. The number of anilines is 1. The van der Waals surface area contributed by atoms with Crippen LogP contribution in [0.1, 0.15) is 12.5 Å². The predicted molar refractivity (Wildman–Crippen MR) is 112 cm³/mol. The van der Waals surface area contributed by atoms with E-state index in [1.54, 1.807) is 44.3 Å². The number of rotatable bonds is 6. The number of sulfonamides is 1. The molecular formula is C20H23ClN2O5S. The van der Waals surface area contributed by atoms with Crippen molar-refractivity contribution in [3.8, 4) is 11.5 Å². The number of benzene rings is 2. The normalized spacial score (nSPS) is 14.2. The minimum atomic E-state index is -3.73. The van der Waals surface area contributed by atoms with Crippen LogP contribution in [0.3, 0.4) is 0 Å². The highest BCUT2D eigenvalue weighted by atomic mass is 35.5. The van der Waals surface area contributed by atoms with Crippen molar-refractivity contribution < 1.29 is 22.7 Å². The summed E-state index contributed by atoms with van der Waals surface area (Å²) in [5.41, 5.74) is 1.24. The zero-order chi connectivity index (χ0) is 21.2. The van der Waals surface area contributed by atoms with Gasteiger partial charge in [0.1, 0.15) is 19.3 Å². The maximum absolute atomic E-state index is 13.0. The van der Waals surface area contributed by atoms with Gasteiger partial charge in [-0.25, -0.2) is 8.42 Å². The fourth-order valence-electron chi connectivity index (χ4n) is 3.23. The van der Waals surface area contributed by atoms with E-state index in [9.17, 15) is 13.2 Å². The van der Waals surface area contributed by atoms with Crippen molar-refractivity contribution in [2.45, 2.75) is 19.5 Å². The van der Waals surface area contributed by atoms with Crippen LogP contribution in [-0.2, 0) is 21.4 Å². The quantitative estimate of drug-likeness (QED) is 0.693. The highest BCUT2D eigenvalue weighted by Crippen LogP contribution is 2.35. The number of carbonyl (C=O) groups excluding carboxylic acids is 1. The number of amides is 1. The average molecular weight is 439 g/mol. The standard InChI is InChI=1S/C20H23ClN2O5S/c1-14(20(24)22(2)13-15-4-6-16(21)7-5-15)23(29(3,25)26)17-8-9-18-19(12-17)28-11-10-27-18/h4-9,12,14H,10-11,13H2,1-3H3/t14-/m1/s1. The van der Waals surface area contributed by atoms with Crippen LogP contribution in [0.25, 0.3) is 0 Å². The SMILES string of the molecule is C[C@H](C(=O)N(C)Cc1ccc(Cl)cc1)N(c1ccc2c(c1)OCCO2)S(C)(=O)=O. The summed E-state index contributed by atoms with van der Waals surface area (Å²) in [6, 6.07) is 11.0. The van der Waals surface area contributed by atoms with Crippen LogP contribution < -0.4 is 13.8 Å². The Bertz CT molecular complexity index is 994. The lowest BCUT2D eigenvalue weighted by atomic mass is 10.2. The second-order valence-electron chi connectivity index (χ2n) is 6.88. The monoisotopic (exact) mass is 438 g/mol. The van der Waals surface area contributed by atoms with Crippen LogP contribution in [0.2, 0.25) is 5.02 Å². The van der Waals surface area contributed by atoms with Gasteiger partial charge in [-0.15, -0.1) is 0 Å². The summed E-state index contributed by atoms with van der Waals surface area (Å²) in [4.78, 5) is 14.5.